The topological polar surface area (TPSA) is 123 Å². The van der Waals surface area contributed by atoms with E-state index in [2.05, 4.69) is 0 Å². The maximum absolute atomic E-state index is 14.7. The lowest BCUT2D eigenvalue weighted by molar-refractivity contribution is -0.143. The molecule has 4 rings (SSSR count). The molecule has 39 heavy (non-hydrogen) atoms. The Balaban J connectivity index is 0.00000420. The quantitative estimate of drug-likeness (QED) is 0.356. The van der Waals surface area contributed by atoms with Crippen LogP contribution in [0.3, 0.4) is 0 Å². The number of ether oxygens (including phenoxy) is 2. The van der Waals surface area contributed by atoms with Crippen LogP contribution in [0.1, 0.15) is 61.2 Å². The van der Waals surface area contributed by atoms with Gasteiger partial charge in [-0.25, -0.2) is 9.18 Å². The van der Waals surface area contributed by atoms with E-state index >= 15 is 0 Å². The number of phenolic OH excluding ortho intramolecular Hbond substituents is 1. The minimum Gasteiger partial charge on any atom is -0.505 e. The van der Waals surface area contributed by atoms with Crippen LogP contribution in [0.25, 0.3) is 0 Å². The molecule has 212 valence electrons. The van der Waals surface area contributed by atoms with Crippen molar-refractivity contribution < 1.29 is 33.7 Å². The second-order valence-electron chi connectivity index (χ2n) is 10.7. The number of carbonyl (C=O) groups excluding carboxylic acids is 1. The lowest BCUT2D eigenvalue weighted by Gasteiger charge is -2.27. The molecule has 1 fully saturated rings. The largest absolute Gasteiger partial charge is 0.505 e. The van der Waals surface area contributed by atoms with Crippen LogP contribution in [0, 0.1) is 11.2 Å². The summed E-state index contributed by atoms with van der Waals surface area (Å²) in [4.78, 5) is 27.8. The molecule has 2 aromatic rings. The standard InChI is InChI=1S/C28H34FN3O6.BrH/c1-5-37-19-8-17-12-32(27(30)25(17)21(29)11-19)14-23(33)16-9-20(28(2,3)4)26(36)22(10-16)31-7-6-18(13-31)38-15-24(34)35;/h8-11,18,30,36H,5-7,12-15H2,1-4H3,(H,34,35);1H. The molecule has 2 heterocycles. The normalized spacial score (nSPS) is 16.7. The van der Waals surface area contributed by atoms with Gasteiger partial charge in [0.1, 0.15) is 29.8 Å². The van der Waals surface area contributed by atoms with Crippen LogP contribution in [0.4, 0.5) is 10.1 Å². The highest BCUT2D eigenvalue weighted by Gasteiger charge is 2.32. The van der Waals surface area contributed by atoms with Crippen molar-refractivity contribution >= 4 is 40.3 Å². The van der Waals surface area contributed by atoms with Gasteiger partial charge >= 0.3 is 5.97 Å². The summed E-state index contributed by atoms with van der Waals surface area (Å²) in [5.41, 5.74) is 1.75. The number of nitrogens with zero attached hydrogens (tertiary/aromatic N) is 2. The zero-order valence-electron chi connectivity index (χ0n) is 22.5. The van der Waals surface area contributed by atoms with Crippen LogP contribution in [0.5, 0.6) is 11.5 Å². The highest BCUT2D eigenvalue weighted by atomic mass is 79.9. The molecule has 3 N–H and O–H groups in total. The third kappa shape index (κ3) is 6.52. The minimum atomic E-state index is -1.04. The summed E-state index contributed by atoms with van der Waals surface area (Å²) in [6, 6.07) is 6.27. The van der Waals surface area contributed by atoms with Gasteiger partial charge in [-0.1, -0.05) is 20.8 Å². The number of halogens is 2. The van der Waals surface area contributed by atoms with Crippen LogP contribution < -0.4 is 9.64 Å². The second kappa shape index (κ2) is 11.9. The van der Waals surface area contributed by atoms with Gasteiger partial charge in [0.15, 0.2) is 5.78 Å². The molecule has 1 unspecified atom stereocenters. The van der Waals surface area contributed by atoms with Gasteiger partial charge in [0.25, 0.3) is 0 Å². The zero-order valence-corrected chi connectivity index (χ0v) is 24.3. The molecule has 0 radical (unpaired) electrons. The van der Waals surface area contributed by atoms with Gasteiger partial charge in [-0.2, -0.15) is 0 Å². The molecule has 0 aromatic heterocycles. The number of hydrogen-bond donors (Lipinski definition) is 3. The van der Waals surface area contributed by atoms with Crippen LogP contribution >= 0.6 is 17.0 Å². The van der Waals surface area contributed by atoms with E-state index < -0.39 is 23.8 Å². The highest BCUT2D eigenvalue weighted by molar-refractivity contribution is 8.93. The second-order valence-corrected chi connectivity index (χ2v) is 10.7. The number of Topliss-reactive ketones (excluding diaryl/α,β-unsaturated/α-hetero) is 1. The Bertz CT molecular complexity index is 1280. The maximum atomic E-state index is 14.7. The Morgan fingerprint density at radius 2 is 1.92 bits per heavy atom. The van der Waals surface area contributed by atoms with Crippen molar-refractivity contribution in [1.82, 2.24) is 4.90 Å². The third-order valence-corrected chi connectivity index (χ3v) is 6.85. The van der Waals surface area contributed by atoms with E-state index in [4.69, 9.17) is 20.0 Å². The van der Waals surface area contributed by atoms with E-state index in [1.54, 1.807) is 25.1 Å². The molecule has 0 aliphatic carbocycles. The number of fused-ring (bicyclic) bond motifs is 1. The number of amidine groups is 1. The Morgan fingerprint density at radius 3 is 2.56 bits per heavy atom. The maximum Gasteiger partial charge on any atom is 0.329 e. The number of rotatable bonds is 9. The van der Waals surface area contributed by atoms with Crippen molar-refractivity contribution in [2.75, 3.05) is 37.7 Å². The van der Waals surface area contributed by atoms with E-state index in [0.717, 1.165) is 0 Å². The summed E-state index contributed by atoms with van der Waals surface area (Å²) >= 11 is 0. The summed E-state index contributed by atoms with van der Waals surface area (Å²) < 4.78 is 25.6. The average molecular weight is 609 g/mol. The molecule has 1 atom stereocenters. The van der Waals surface area contributed by atoms with E-state index in [9.17, 15) is 19.1 Å². The van der Waals surface area contributed by atoms with Gasteiger partial charge in [0.05, 0.1) is 30.5 Å². The first kappa shape index (κ1) is 30.4. The van der Waals surface area contributed by atoms with Gasteiger partial charge in [0.2, 0.25) is 0 Å². The van der Waals surface area contributed by atoms with Crippen molar-refractivity contribution in [3.8, 4) is 11.5 Å². The van der Waals surface area contributed by atoms with Crippen molar-refractivity contribution in [2.45, 2.75) is 52.2 Å². The number of carboxylic acids is 1. The van der Waals surface area contributed by atoms with Crippen LogP contribution in [0.2, 0.25) is 0 Å². The highest BCUT2D eigenvalue weighted by Crippen LogP contribution is 2.41. The zero-order chi connectivity index (χ0) is 27.8. The van der Waals surface area contributed by atoms with Gasteiger partial charge in [0, 0.05) is 36.8 Å². The Morgan fingerprint density at radius 1 is 1.21 bits per heavy atom. The molecule has 11 heteroatoms. The number of phenols is 1. The molecule has 1 saturated heterocycles. The van der Waals surface area contributed by atoms with E-state index in [0.29, 0.717) is 54.2 Å². The molecule has 2 aromatic carbocycles. The molecule has 2 aliphatic rings. The summed E-state index contributed by atoms with van der Waals surface area (Å²) in [6.45, 7) is 8.62. The number of nitrogens with one attached hydrogen (secondary N) is 1. The number of aromatic hydroxyl groups is 1. The molecule has 2 aliphatic heterocycles. The predicted molar refractivity (Wildman–Crippen MR) is 150 cm³/mol. The van der Waals surface area contributed by atoms with Crippen molar-refractivity contribution in [3.05, 3.63) is 52.3 Å². The number of anilines is 1. The van der Waals surface area contributed by atoms with Gasteiger partial charge < -0.3 is 29.5 Å². The Hall–Kier alpha value is -3.18. The van der Waals surface area contributed by atoms with E-state index in [1.807, 2.05) is 25.7 Å². The minimum absolute atomic E-state index is 0. The summed E-state index contributed by atoms with van der Waals surface area (Å²) in [6.07, 6.45) is 0.289. The summed E-state index contributed by atoms with van der Waals surface area (Å²) in [7, 11) is 0. The van der Waals surface area contributed by atoms with Crippen LogP contribution in [-0.4, -0.2) is 71.7 Å². The summed E-state index contributed by atoms with van der Waals surface area (Å²) in [5, 5.41) is 28.6. The van der Waals surface area contributed by atoms with Gasteiger partial charge in [-0.05, 0) is 42.5 Å². The van der Waals surface area contributed by atoms with Crippen molar-refractivity contribution in [1.29, 1.82) is 5.41 Å². The molecule has 0 saturated carbocycles. The number of aliphatic carboxylic acids is 1. The fourth-order valence-electron chi connectivity index (χ4n) is 4.98. The number of ketones is 1. The first-order valence-corrected chi connectivity index (χ1v) is 12.7. The molecular weight excluding hydrogens is 573 g/mol. The van der Waals surface area contributed by atoms with Crippen molar-refractivity contribution in [3.63, 3.8) is 0 Å². The first-order valence-electron chi connectivity index (χ1n) is 12.7. The summed E-state index contributed by atoms with van der Waals surface area (Å²) in [5.74, 6) is -1.46. The van der Waals surface area contributed by atoms with E-state index in [-0.39, 0.29) is 59.1 Å². The average Bonchev–Trinajstić information content (AvgIpc) is 3.42. The third-order valence-electron chi connectivity index (χ3n) is 6.85. The van der Waals surface area contributed by atoms with E-state index in [1.165, 1.54) is 11.0 Å². The lowest BCUT2D eigenvalue weighted by Crippen LogP contribution is -2.31. The SMILES string of the molecule is Br.CCOc1cc(F)c2c(c1)CN(CC(=O)c1cc(N3CCC(OCC(=O)O)C3)c(O)c(C(C)(C)C)c1)C2=N. The Labute approximate surface area is 237 Å². The van der Waals surface area contributed by atoms with Crippen LogP contribution in [0.15, 0.2) is 24.3 Å². The van der Waals surface area contributed by atoms with Crippen LogP contribution in [-0.2, 0) is 21.5 Å². The Kier molecular flexibility index (Phi) is 9.27. The molecular formula is C28H35BrFN3O6. The molecule has 0 spiro atoms. The molecule has 0 amide bonds. The smallest absolute Gasteiger partial charge is 0.329 e. The number of carbonyl (C=O) groups is 2. The molecule has 9 nitrogen and oxygen atoms in total. The van der Waals surface area contributed by atoms with Crippen molar-refractivity contribution in [2.24, 2.45) is 0 Å². The first-order chi connectivity index (χ1) is 17.9. The molecule has 0 bridgehead atoms. The fourth-order valence-corrected chi connectivity index (χ4v) is 4.98. The monoisotopic (exact) mass is 607 g/mol. The van der Waals surface area contributed by atoms with Gasteiger partial charge in [-0.15, -0.1) is 17.0 Å². The number of hydrogen-bond acceptors (Lipinski definition) is 7. The number of carboxylic acid groups (broad SMARTS) is 1. The predicted octanol–water partition coefficient (Wildman–Crippen LogP) is 4.51. The fraction of sp³-hybridized carbons (Fsp3) is 0.464. The lowest BCUT2D eigenvalue weighted by atomic mass is 9.84. The van der Waals surface area contributed by atoms with Gasteiger partial charge in [-0.3, -0.25) is 10.2 Å². The number of benzene rings is 2.